The minimum Gasteiger partial charge on any atom is -0.361 e. The molecule has 1 atom stereocenters. The number of rotatable bonds is 5. The maximum Gasteiger partial charge on any atom is 0.313 e. The first-order chi connectivity index (χ1) is 14.1. The van der Waals surface area contributed by atoms with E-state index in [0.717, 1.165) is 23.5 Å². The Hall–Kier alpha value is -3.19. The number of thiophene rings is 1. The summed E-state index contributed by atoms with van der Waals surface area (Å²) in [7, 11) is 0. The number of carbonyl (C=O) groups is 2. The molecule has 0 fully saturated rings. The number of hydrogen-bond donors (Lipinski definition) is 2. The zero-order valence-corrected chi connectivity index (χ0v) is 16.4. The summed E-state index contributed by atoms with van der Waals surface area (Å²) in [6.45, 7) is 1.12. The highest BCUT2D eigenvalue weighted by molar-refractivity contribution is 7.10. The van der Waals surface area contributed by atoms with Crippen molar-refractivity contribution in [3.8, 4) is 0 Å². The highest BCUT2D eigenvalue weighted by atomic mass is 32.1. The minimum absolute atomic E-state index is 0.0177. The fourth-order valence-corrected chi connectivity index (χ4v) is 4.38. The van der Waals surface area contributed by atoms with E-state index in [1.54, 1.807) is 17.4 Å². The molecule has 5 nitrogen and oxygen atoms in total. The van der Waals surface area contributed by atoms with Crippen molar-refractivity contribution in [3.63, 3.8) is 0 Å². The van der Waals surface area contributed by atoms with Crippen LogP contribution in [0.2, 0.25) is 0 Å². The van der Waals surface area contributed by atoms with Gasteiger partial charge < -0.3 is 15.5 Å². The van der Waals surface area contributed by atoms with Gasteiger partial charge in [-0.15, -0.1) is 11.3 Å². The highest BCUT2D eigenvalue weighted by Crippen LogP contribution is 2.36. The van der Waals surface area contributed by atoms with E-state index in [0.29, 0.717) is 0 Å². The topological polar surface area (TPSA) is 61.4 Å². The molecule has 7 heteroatoms. The number of carbonyl (C=O) groups excluding carboxylic acids is 2. The molecule has 2 heterocycles. The number of hydrogen-bond acceptors (Lipinski definition) is 4. The van der Waals surface area contributed by atoms with Gasteiger partial charge in [-0.3, -0.25) is 9.59 Å². The van der Waals surface area contributed by atoms with Gasteiger partial charge in [0.05, 0.1) is 11.7 Å². The van der Waals surface area contributed by atoms with Crippen molar-refractivity contribution in [1.82, 2.24) is 5.32 Å². The Kier molecular flexibility index (Phi) is 5.57. The van der Waals surface area contributed by atoms with Crippen LogP contribution in [0.25, 0.3) is 0 Å². The quantitative estimate of drug-likeness (QED) is 0.631. The van der Waals surface area contributed by atoms with Crippen molar-refractivity contribution in [2.24, 2.45) is 0 Å². The molecule has 1 aromatic heterocycles. The van der Waals surface area contributed by atoms with Crippen molar-refractivity contribution in [2.45, 2.75) is 12.5 Å². The molecule has 1 aliphatic rings. The predicted molar refractivity (Wildman–Crippen MR) is 113 cm³/mol. The van der Waals surface area contributed by atoms with Gasteiger partial charge in [-0.2, -0.15) is 0 Å². The number of fused-ring (bicyclic) bond motifs is 1. The Balaban J connectivity index is 1.46. The maximum atomic E-state index is 13.7. The van der Waals surface area contributed by atoms with Gasteiger partial charge in [-0.05, 0) is 41.6 Å². The maximum absolute atomic E-state index is 13.7. The van der Waals surface area contributed by atoms with Gasteiger partial charge in [0.1, 0.15) is 5.82 Å². The van der Waals surface area contributed by atoms with Crippen LogP contribution in [-0.4, -0.2) is 24.9 Å². The van der Waals surface area contributed by atoms with Gasteiger partial charge in [0.25, 0.3) is 0 Å². The Morgan fingerprint density at radius 3 is 2.62 bits per heavy atom. The molecule has 0 radical (unpaired) electrons. The lowest BCUT2D eigenvalue weighted by molar-refractivity contribution is -0.136. The largest absolute Gasteiger partial charge is 0.361 e. The van der Waals surface area contributed by atoms with E-state index in [-0.39, 0.29) is 18.3 Å². The van der Waals surface area contributed by atoms with Crippen molar-refractivity contribution in [1.29, 1.82) is 0 Å². The lowest BCUT2D eigenvalue weighted by Crippen LogP contribution is -2.41. The molecule has 1 aliphatic heterocycles. The Morgan fingerprint density at radius 1 is 1.03 bits per heavy atom. The molecule has 0 aliphatic carbocycles. The number of para-hydroxylation sites is 2. The third-order valence-electron chi connectivity index (χ3n) is 4.96. The van der Waals surface area contributed by atoms with Crippen molar-refractivity contribution < 1.29 is 14.0 Å². The van der Waals surface area contributed by atoms with E-state index in [1.165, 1.54) is 23.8 Å². The molecule has 0 bridgehead atoms. The Morgan fingerprint density at radius 2 is 1.83 bits per heavy atom. The second-order valence-electron chi connectivity index (χ2n) is 6.75. The summed E-state index contributed by atoms with van der Waals surface area (Å²) in [6, 6.07) is 17.9. The summed E-state index contributed by atoms with van der Waals surface area (Å²) in [4.78, 5) is 27.9. The van der Waals surface area contributed by atoms with Crippen LogP contribution in [0.1, 0.15) is 16.5 Å². The third-order valence-corrected chi connectivity index (χ3v) is 5.93. The molecule has 0 spiro atoms. The van der Waals surface area contributed by atoms with E-state index in [4.69, 9.17) is 0 Å². The first-order valence-electron chi connectivity index (χ1n) is 9.35. The molecule has 2 amide bonds. The van der Waals surface area contributed by atoms with Crippen LogP contribution in [0.4, 0.5) is 15.8 Å². The number of anilines is 2. The third kappa shape index (κ3) is 4.14. The molecule has 2 N–H and O–H groups in total. The molecule has 4 rings (SSSR count). The lowest BCUT2D eigenvalue weighted by atomic mass is 10.1. The molecule has 29 heavy (non-hydrogen) atoms. The molecule has 0 saturated carbocycles. The van der Waals surface area contributed by atoms with Gasteiger partial charge >= 0.3 is 11.8 Å². The van der Waals surface area contributed by atoms with Crippen molar-refractivity contribution >= 4 is 34.5 Å². The van der Waals surface area contributed by atoms with Gasteiger partial charge in [0.15, 0.2) is 0 Å². The monoisotopic (exact) mass is 409 g/mol. The number of nitrogens with one attached hydrogen (secondary N) is 2. The van der Waals surface area contributed by atoms with Gasteiger partial charge in [0.2, 0.25) is 0 Å². The molecule has 0 unspecified atom stereocenters. The van der Waals surface area contributed by atoms with Crippen molar-refractivity contribution in [2.75, 3.05) is 23.3 Å². The molecule has 148 valence electrons. The lowest BCUT2D eigenvalue weighted by Gasteiger charge is -2.30. The first kappa shape index (κ1) is 19.1. The number of nitrogens with zero attached hydrogens (tertiary/aromatic N) is 1. The van der Waals surface area contributed by atoms with E-state index >= 15 is 0 Å². The fourth-order valence-electron chi connectivity index (χ4n) is 3.54. The molecular formula is C22H20FN3O2S. The molecule has 0 saturated heterocycles. The number of amides is 2. The fraction of sp³-hybridized carbons (Fsp3) is 0.182. The van der Waals surface area contributed by atoms with Gasteiger partial charge in [0, 0.05) is 23.7 Å². The summed E-state index contributed by atoms with van der Waals surface area (Å²) in [5.41, 5.74) is 2.41. The molecule has 2 aromatic carbocycles. The second-order valence-corrected chi connectivity index (χ2v) is 7.73. The van der Waals surface area contributed by atoms with Crippen LogP contribution in [0, 0.1) is 5.82 Å². The van der Waals surface area contributed by atoms with Crippen LogP contribution >= 0.6 is 11.3 Å². The number of benzene rings is 2. The average Bonchev–Trinajstić information content (AvgIpc) is 3.40. The minimum atomic E-state index is -0.887. The Bertz CT molecular complexity index is 1020. The van der Waals surface area contributed by atoms with E-state index in [2.05, 4.69) is 27.7 Å². The zero-order chi connectivity index (χ0) is 20.2. The van der Waals surface area contributed by atoms with Crippen LogP contribution in [0.5, 0.6) is 0 Å². The van der Waals surface area contributed by atoms with Crippen LogP contribution < -0.4 is 15.5 Å². The molecular weight excluding hydrogens is 389 g/mol. The van der Waals surface area contributed by atoms with E-state index < -0.39 is 17.6 Å². The van der Waals surface area contributed by atoms with E-state index in [1.807, 2.05) is 29.6 Å². The highest BCUT2D eigenvalue weighted by Gasteiger charge is 2.28. The van der Waals surface area contributed by atoms with Crippen LogP contribution in [0.15, 0.2) is 66.0 Å². The summed E-state index contributed by atoms with van der Waals surface area (Å²) in [6.07, 6.45) is 0.944. The Labute approximate surface area is 172 Å². The normalized spacial score (nSPS) is 13.6. The smallest absolute Gasteiger partial charge is 0.313 e. The van der Waals surface area contributed by atoms with E-state index in [9.17, 15) is 14.0 Å². The van der Waals surface area contributed by atoms with Crippen LogP contribution in [0.3, 0.4) is 0 Å². The summed E-state index contributed by atoms with van der Waals surface area (Å²) >= 11 is 1.61. The second kappa shape index (κ2) is 8.45. The van der Waals surface area contributed by atoms with Gasteiger partial charge in [-0.25, -0.2) is 4.39 Å². The van der Waals surface area contributed by atoms with Crippen molar-refractivity contribution in [3.05, 3.63) is 82.3 Å². The number of halogens is 1. The molecule has 3 aromatic rings. The SMILES string of the molecule is O=C(NC[C@@H](c1cccs1)N1CCc2ccccc21)C(=O)Nc1ccccc1F. The summed E-state index contributed by atoms with van der Waals surface area (Å²) in [5, 5.41) is 7.02. The van der Waals surface area contributed by atoms with Gasteiger partial charge in [-0.1, -0.05) is 36.4 Å². The summed E-state index contributed by atoms with van der Waals surface area (Å²) in [5.74, 6) is -2.26. The predicted octanol–water partition coefficient (Wildman–Crippen LogP) is 3.75. The van der Waals surface area contributed by atoms with Crippen LogP contribution in [-0.2, 0) is 16.0 Å². The summed E-state index contributed by atoms with van der Waals surface area (Å²) < 4.78 is 13.7. The zero-order valence-electron chi connectivity index (χ0n) is 15.6. The first-order valence-corrected chi connectivity index (χ1v) is 10.2. The standard InChI is InChI=1S/C22H20FN3O2S/c23-16-7-2-3-8-17(16)25-22(28)21(27)24-14-19(20-10-5-13-29-20)26-12-11-15-6-1-4-9-18(15)26/h1-10,13,19H,11-12,14H2,(H,24,27)(H,25,28)/t19-/m0/s1. The average molecular weight is 409 g/mol.